The molecule has 8 aliphatic heterocycles. The number of aliphatic hydroxyl groups excluding tert-OH is 23. The second kappa shape index (κ2) is 33.3. The van der Waals surface area contributed by atoms with Gasteiger partial charge in [0.25, 0.3) is 0 Å². The van der Waals surface area contributed by atoms with Gasteiger partial charge in [-0.25, -0.2) is 0 Å². The molecule has 546 valence electrons. The normalized spacial score (nSPS) is 51.2. The monoisotopic (exact) mass is 1380 g/mol. The molecule has 8 saturated heterocycles. The summed E-state index contributed by atoms with van der Waals surface area (Å²) in [4.78, 5) is 25.2. The second-order valence-electron chi connectivity index (χ2n) is 23.9. The Balaban J connectivity index is 1.07. The van der Waals surface area contributed by atoms with Crippen LogP contribution in [-0.2, 0) is 80.6 Å². The molecule has 0 aromatic carbocycles. The fraction of sp³-hybridized carbons (Fsp3) is 0.962. The minimum Gasteiger partial charge on any atom is -0.394 e. The van der Waals surface area contributed by atoms with Gasteiger partial charge in [0.15, 0.2) is 50.3 Å². The zero-order valence-electron chi connectivity index (χ0n) is 50.3. The summed E-state index contributed by atoms with van der Waals surface area (Å²) in [6.45, 7) is -3.53. The standard InChI is InChI=1S/C52H88N2O40/c1-11-23(61)31(69)35(73)47(83-11)82-10-20-42(29(67)21(45(79)84-20)53-12(2)59)91-46-22(54-13(3)60)30(68)41(17(7-58)88-46)92-52-40(78)44(94-51-38(76)34(72)26(64)16(6-57)87-51)28(66)19(90-52)9-81-49-39(77)43(93-50-37(75)33(71)25(63)15(5-56)86-50)27(65)18(89-49)8-80-48-36(74)32(70)24(62)14(4-55)85-48/h11,14-52,55-58,61-79H,4-10H2,1-3H3,(H,53,59)(H,54,60)/t11-,14+,15+,16+,17+,18+,19+,20+,21+,22+,23+,24+,25+,26+,27+,28+,29+,30+,31-,32-,33-,34-,35-,36-,37-,38-,39-,40-,41+,42+,43-,44-,45?,46-,47+,48-,49-,50+,51+,52+/m0/s1. The van der Waals surface area contributed by atoms with Crippen LogP contribution in [0.15, 0.2) is 0 Å². The molecule has 40 atom stereocenters. The van der Waals surface area contributed by atoms with Crippen LogP contribution >= 0.6 is 0 Å². The van der Waals surface area contributed by atoms with E-state index in [2.05, 4.69) is 10.6 Å². The van der Waals surface area contributed by atoms with Crippen LogP contribution < -0.4 is 10.6 Å². The van der Waals surface area contributed by atoms with Gasteiger partial charge in [-0.2, -0.15) is 0 Å². The molecule has 8 rings (SSSR count). The highest BCUT2D eigenvalue weighted by atomic mass is 16.8. The van der Waals surface area contributed by atoms with Crippen molar-refractivity contribution < 1.29 is 198 Å². The summed E-state index contributed by atoms with van der Waals surface area (Å²) in [6, 6.07) is -3.58. The van der Waals surface area contributed by atoms with Crippen molar-refractivity contribution in [3.63, 3.8) is 0 Å². The van der Waals surface area contributed by atoms with E-state index < -0.39 is 304 Å². The van der Waals surface area contributed by atoms with Gasteiger partial charge in [0.1, 0.15) is 189 Å². The maximum absolute atomic E-state index is 12.9. The van der Waals surface area contributed by atoms with Crippen LogP contribution in [0.3, 0.4) is 0 Å². The summed E-state index contributed by atoms with van der Waals surface area (Å²) in [7, 11) is 0. The number of carbonyl (C=O) groups excluding carboxylic acids is 2. The Morgan fingerprint density at radius 3 is 1.06 bits per heavy atom. The molecule has 94 heavy (non-hydrogen) atoms. The first-order chi connectivity index (χ1) is 44.4. The number of hydrogen-bond donors (Lipinski definition) is 25. The third kappa shape index (κ3) is 16.7. The molecule has 0 bridgehead atoms. The van der Waals surface area contributed by atoms with Crippen LogP contribution in [0, 0.1) is 0 Å². The van der Waals surface area contributed by atoms with E-state index in [9.17, 15) is 127 Å². The molecular weight excluding hydrogens is 1290 g/mol. The molecular formula is C52H88N2O40. The molecule has 0 radical (unpaired) electrons. The Morgan fingerprint density at radius 2 is 0.606 bits per heavy atom. The van der Waals surface area contributed by atoms with Crippen molar-refractivity contribution in [2.45, 2.75) is 266 Å². The average molecular weight is 1380 g/mol. The molecule has 8 aliphatic rings. The quantitative estimate of drug-likeness (QED) is 0.0452. The first-order valence-corrected chi connectivity index (χ1v) is 30.0. The number of carbonyl (C=O) groups is 2. The van der Waals surface area contributed by atoms with Crippen molar-refractivity contribution in [3.05, 3.63) is 0 Å². The number of aliphatic hydroxyl groups is 23. The van der Waals surface area contributed by atoms with E-state index in [1.165, 1.54) is 6.92 Å². The van der Waals surface area contributed by atoms with Gasteiger partial charge in [-0.1, -0.05) is 0 Å². The lowest BCUT2D eigenvalue weighted by molar-refractivity contribution is -0.388. The van der Waals surface area contributed by atoms with Crippen LogP contribution in [0.4, 0.5) is 0 Å². The van der Waals surface area contributed by atoms with Gasteiger partial charge in [0.2, 0.25) is 11.8 Å². The minimum atomic E-state index is -2.39. The molecule has 0 aliphatic carbocycles. The molecule has 2 amide bonds. The molecule has 0 saturated carbocycles. The van der Waals surface area contributed by atoms with E-state index in [0.29, 0.717) is 0 Å². The van der Waals surface area contributed by atoms with Crippen LogP contribution in [0.25, 0.3) is 0 Å². The van der Waals surface area contributed by atoms with Crippen molar-refractivity contribution in [2.75, 3.05) is 46.2 Å². The van der Waals surface area contributed by atoms with Crippen LogP contribution in [0.1, 0.15) is 20.8 Å². The van der Waals surface area contributed by atoms with Crippen molar-refractivity contribution in [1.82, 2.24) is 10.6 Å². The summed E-state index contributed by atoms with van der Waals surface area (Å²) in [5, 5.41) is 255. The van der Waals surface area contributed by atoms with Crippen molar-refractivity contribution >= 4 is 11.8 Å². The topological polar surface area (TPSA) is 662 Å². The highest BCUT2D eigenvalue weighted by Gasteiger charge is 2.59. The van der Waals surface area contributed by atoms with Crippen LogP contribution in [0.2, 0.25) is 0 Å². The Bertz CT molecular complexity index is 2360. The van der Waals surface area contributed by atoms with Gasteiger partial charge >= 0.3 is 0 Å². The maximum Gasteiger partial charge on any atom is 0.217 e. The molecule has 8 heterocycles. The Labute approximate surface area is 532 Å². The third-order valence-electron chi connectivity index (χ3n) is 17.4. The van der Waals surface area contributed by atoms with Gasteiger partial charge in [-0.05, 0) is 6.92 Å². The summed E-state index contributed by atoms with van der Waals surface area (Å²) in [6.07, 6.45) is -74.7. The Kier molecular flexibility index (Phi) is 27.3. The van der Waals surface area contributed by atoms with Gasteiger partial charge < -0.3 is 199 Å². The zero-order valence-corrected chi connectivity index (χ0v) is 50.3. The van der Waals surface area contributed by atoms with Crippen molar-refractivity contribution in [2.24, 2.45) is 0 Å². The van der Waals surface area contributed by atoms with E-state index in [0.717, 1.165) is 13.8 Å². The SMILES string of the molecule is CC(=O)N[C@H]1[C@H](O[C@H]2[C@H](O)[C@@H](NC(C)=O)C(O)O[C@@H]2CO[C@@H]2O[C@@H](C)[C@@H](O)[C@H](O)[C@@H]2O)O[C@H](CO)[C@@H](O[C@H]2O[C@H](CO[C@H]3O[C@H](CO[C@H]4O[C@H](CO)[C@@H](O)[C@H](O)[C@@H]4O)[C@@H](O)[C@H](O[C@H]4O[C@H](CO)[C@@H](O)[C@H](O)[C@@H]4O)[C@@H]3O)[C@@H](O)[C@H](O[C@H]3O[C@H](CO)[C@@H](O)[C@H](O)[C@@H]3O)[C@@H]2O)[C@@H]1O. The third-order valence-corrected chi connectivity index (χ3v) is 17.4. The van der Waals surface area contributed by atoms with E-state index >= 15 is 0 Å². The second-order valence-corrected chi connectivity index (χ2v) is 23.9. The fourth-order valence-corrected chi connectivity index (χ4v) is 11.9. The van der Waals surface area contributed by atoms with Gasteiger partial charge in [0.05, 0.1) is 52.4 Å². The molecule has 1 unspecified atom stereocenters. The molecule has 25 N–H and O–H groups in total. The lowest BCUT2D eigenvalue weighted by Crippen LogP contribution is -2.70. The minimum absolute atomic E-state index is 0.789. The number of nitrogens with one attached hydrogen (secondary N) is 2. The highest BCUT2D eigenvalue weighted by Crippen LogP contribution is 2.38. The number of hydrogen-bond acceptors (Lipinski definition) is 40. The van der Waals surface area contributed by atoms with Gasteiger partial charge in [-0.3, -0.25) is 9.59 Å². The van der Waals surface area contributed by atoms with Crippen molar-refractivity contribution in [3.8, 4) is 0 Å². The molecule has 8 fully saturated rings. The van der Waals surface area contributed by atoms with Gasteiger partial charge in [-0.15, -0.1) is 0 Å². The lowest BCUT2D eigenvalue weighted by Gasteiger charge is -2.50. The highest BCUT2D eigenvalue weighted by molar-refractivity contribution is 5.73. The fourth-order valence-electron chi connectivity index (χ4n) is 11.9. The zero-order chi connectivity index (χ0) is 69.2. The molecule has 42 heteroatoms. The summed E-state index contributed by atoms with van der Waals surface area (Å²) >= 11 is 0. The number of rotatable bonds is 23. The molecule has 0 spiro atoms. The maximum atomic E-state index is 12.9. The largest absolute Gasteiger partial charge is 0.394 e. The van der Waals surface area contributed by atoms with E-state index in [1.54, 1.807) is 0 Å². The first kappa shape index (κ1) is 77.2. The lowest BCUT2D eigenvalue weighted by atomic mass is 9.93. The van der Waals surface area contributed by atoms with Crippen LogP contribution in [-0.4, -0.2) is 421 Å². The van der Waals surface area contributed by atoms with E-state index in [1.807, 2.05) is 0 Å². The van der Waals surface area contributed by atoms with Gasteiger partial charge in [0, 0.05) is 13.8 Å². The first-order valence-electron chi connectivity index (χ1n) is 30.0. The number of amides is 2. The average Bonchev–Trinajstić information content (AvgIpc) is 0.778. The molecule has 0 aromatic heterocycles. The van der Waals surface area contributed by atoms with E-state index in [4.69, 9.17) is 71.1 Å². The summed E-state index contributed by atoms with van der Waals surface area (Å²) in [5.41, 5.74) is 0. The van der Waals surface area contributed by atoms with Crippen LogP contribution in [0.5, 0.6) is 0 Å². The predicted octanol–water partition coefficient (Wildman–Crippen LogP) is -17.1. The number of ether oxygens (including phenoxy) is 15. The predicted molar refractivity (Wildman–Crippen MR) is 286 cm³/mol. The smallest absolute Gasteiger partial charge is 0.217 e. The molecule has 0 aromatic rings. The summed E-state index contributed by atoms with van der Waals surface area (Å²) < 4.78 is 86.4. The Morgan fingerprint density at radius 1 is 0.298 bits per heavy atom. The van der Waals surface area contributed by atoms with Crippen molar-refractivity contribution in [1.29, 1.82) is 0 Å². The van der Waals surface area contributed by atoms with E-state index in [-0.39, 0.29) is 0 Å². The molecule has 42 nitrogen and oxygen atoms in total. The Hall–Kier alpha value is -2.58. The summed E-state index contributed by atoms with van der Waals surface area (Å²) in [5.74, 6) is -1.71.